The smallest absolute Gasteiger partial charge is 0.145 e. The first-order valence-electron chi connectivity index (χ1n) is 8.04. The lowest BCUT2D eigenvalue weighted by Crippen LogP contribution is -2.46. The van der Waals surface area contributed by atoms with Gasteiger partial charge in [0.05, 0.1) is 5.02 Å². The average molecular weight is 312 g/mol. The second-order valence-electron chi connectivity index (χ2n) is 7.40. The van der Waals surface area contributed by atoms with Crippen LogP contribution < -0.4 is 5.32 Å². The number of hydrogen-bond acceptors (Lipinski definition) is 1. The van der Waals surface area contributed by atoms with Crippen LogP contribution in [-0.2, 0) is 5.41 Å². The largest absolute Gasteiger partial charge is 0.311 e. The minimum atomic E-state index is -0.225. The topological polar surface area (TPSA) is 12.0 Å². The average Bonchev–Trinajstić information content (AvgIpc) is 2.65. The highest BCUT2D eigenvalue weighted by Gasteiger charge is 2.36. The third kappa shape index (κ3) is 4.20. The Morgan fingerprint density at radius 1 is 1.14 bits per heavy atom. The zero-order valence-corrected chi connectivity index (χ0v) is 14.2. The first kappa shape index (κ1) is 16.8. The maximum absolute atomic E-state index is 14.6. The van der Waals surface area contributed by atoms with Gasteiger partial charge in [-0.25, -0.2) is 4.39 Å². The van der Waals surface area contributed by atoms with Crippen LogP contribution in [0.2, 0.25) is 5.02 Å². The molecule has 1 saturated carbocycles. The lowest BCUT2D eigenvalue weighted by Gasteiger charge is -2.37. The summed E-state index contributed by atoms with van der Waals surface area (Å²) < 4.78 is 14.6. The van der Waals surface area contributed by atoms with Crippen molar-refractivity contribution in [3.63, 3.8) is 0 Å². The van der Waals surface area contributed by atoms with Crippen LogP contribution in [0.4, 0.5) is 4.39 Å². The predicted molar refractivity (Wildman–Crippen MR) is 88.5 cm³/mol. The molecule has 0 aromatic heterocycles. The Morgan fingerprint density at radius 2 is 1.76 bits per heavy atom. The van der Waals surface area contributed by atoms with Gasteiger partial charge in [0.15, 0.2) is 0 Å². The van der Waals surface area contributed by atoms with Gasteiger partial charge in [-0.15, -0.1) is 0 Å². The summed E-state index contributed by atoms with van der Waals surface area (Å²) in [6, 6.07) is 5.45. The highest BCUT2D eigenvalue weighted by molar-refractivity contribution is 6.30. The third-order valence-corrected chi connectivity index (χ3v) is 4.83. The standard InChI is InChI=1S/C18H27ClFN/c1-17(2,3)21-13-18(11-6-4-5-7-12-18)14-9-8-10-15(19)16(14)20/h8-10,21H,4-7,11-13H2,1-3H3. The highest BCUT2D eigenvalue weighted by Crippen LogP contribution is 2.40. The monoisotopic (exact) mass is 311 g/mol. The zero-order valence-electron chi connectivity index (χ0n) is 13.4. The molecule has 0 radical (unpaired) electrons. The van der Waals surface area contributed by atoms with Gasteiger partial charge in [0.1, 0.15) is 5.82 Å². The van der Waals surface area contributed by atoms with Crippen molar-refractivity contribution in [2.45, 2.75) is 70.3 Å². The molecule has 1 aromatic rings. The summed E-state index contributed by atoms with van der Waals surface area (Å²) in [6.45, 7) is 7.29. The van der Waals surface area contributed by atoms with Gasteiger partial charge in [0, 0.05) is 17.5 Å². The van der Waals surface area contributed by atoms with E-state index < -0.39 is 0 Å². The first-order chi connectivity index (χ1) is 9.84. The lowest BCUT2D eigenvalue weighted by molar-refractivity contribution is 0.292. The van der Waals surface area contributed by atoms with E-state index in [1.165, 1.54) is 12.8 Å². The molecule has 1 aliphatic rings. The molecule has 0 aliphatic heterocycles. The fourth-order valence-electron chi connectivity index (χ4n) is 3.29. The molecule has 0 amide bonds. The Kier molecular flexibility index (Phi) is 5.32. The quantitative estimate of drug-likeness (QED) is 0.731. The fourth-order valence-corrected chi connectivity index (χ4v) is 3.47. The van der Waals surface area contributed by atoms with Crippen molar-refractivity contribution in [3.05, 3.63) is 34.6 Å². The van der Waals surface area contributed by atoms with Crippen LogP contribution in [0.3, 0.4) is 0 Å². The van der Waals surface area contributed by atoms with E-state index in [9.17, 15) is 4.39 Å². The molecule has 0 saturated heterocycles. The van der Waals surface area contributed by atoms with Crippen LogP contribution in [0.15, 0.2) is 18.2 Å². The van der Waals surface area contributed by atoms with Gasteiger partial charge in [-0.05, 0) is 45.2 Å². The summed E-state index contributed by atoms with van der Waals surface area (Å²) in [7, 11) is 0. The molecular formula is C18H27ClFN. The Morgan fingerprint density at radius 3 is 2.33 bits per heavy atom. The van der Waals surface area contributed by atoms with Crippen molar-refractivity contribution in [2.24, 2.45) is 0 Å². The minimum absolute atomic E-state index is 0.0361. The summed E-state index contributed by atoms with van der Waals surface area (Å²) in [5.74, 6) is -0.225. The number of benzene rings is 1. The second-order valence-corrected chi connectivity index (χ2v) is 7.81. The van der Waals surface area contributed by atoms with Gasteiger partial charge in [-0.2, -0.15) is 0 Å². The zero-order chi connectivity index (χ0) is 15.5. The summed E-state index contributed by atoms with van der Waals surface area (Å²) in [5.41, 5.74) is 0.710. The van der Waals surface area contributed by atoms with Crippen LogP contribution in [0.5, 0.6) is 0 Å². The summed E-state index contributed by atoms with van der Waals surface area (Å²) in [5, 5.41) is 3.84. The van der Waals surface area contributed by atoms with E-state index in [0.717, 1.165) is 37.8 Å². The normalized spacial score (nSPS) is 19.3. The highest BCUT2D eigenvalue weighted by atomic mass is 35.5. The maximum atomic E-state index is 14.6. The molecule has 2 rings (SSSR count). The molecule has 1 fully saturated rings. The molecule has 0 atom stereocenters. The molecule has 1 N–H and O–H groups in total. The molecule has 0 heterocycles. The summed E-state index contributed by atoms with van der Waals surface area (Å²) in [4.78, 5) is 0. The van der Waals surface area contributed by atoms with E-state index in [0.29, 0.717) is 0 Å². The van der Waals surface area contributed by atoms with E-state index in [4.69, 9.17) is 11.6 Å². The van der Waals surface area contributed by atoms with Crippen molar-refractivity contribution < 1.29 is 4.39 Å². The number of rotatable bonds is 3. The summed E-state index contributed by atoms with van der Waals surface area (Å²) >= 11 is 6.03. The molecule has 21 heavy (non-hydrogen) atoms. The van der Waals surface area contributed by atoms with Gasteiger partial charge in [0.25, 0.3) is 0 Å². The number of halogens is 2. The van der Waals surface area contributed by atoms with Crippen molar-refractivity contribution in [2.75, 3.05) is 6.54 Å². The number of hydrogen-bond donors (Lipinski definition) is 1. The van der Waals surface area contributed by atoms with Crippen LogP contribution in [-0.4, -0.2) is 12.1 Å². The molecule has 0 bridgehead atoms. The molecule has 0 unspecified atom stereocenters. The maximum Gasteiger partial charge on any atom is 0.145 e. The molecule has 0 spiro atoms. The second kappa shape index (κ2) is 6.66. The van der Waals surface area contributed by atoms with Crippen LogP contribution in [0.25, 0.3) is 0 Å². The van der Waals surface area contributed by atoms with Gasteiger partial charge in [0.2, 0.25) is 0 Å². The lowest BCUT2D eigenvalue weighted by atomic mass is 9.73. The first-order valence-corrected chi connectivity index (χ1v) is 8.41. The van der Waals surface area contributed by atoms with E-state index in [1.807, 2.05) is 12.1 Å². The number of nitrogens with one attached hydrogen (secondary N) is 1. The molecule has 1 nitrogen and oxygen atoms in total. The third-order valence-electron chi connectivity index (χ3n) is 4.54. The van der Waals surface area contributed by atoms with Crippen molar-refractivity contribution in [1.82, 2.24) is 5.32 Å². The molecular weight excluding hydrogens is 285 g/mol. The molecule has 3 heteroatoms. The predicted octanol–water partition coefficient (Wildman–Crippen LogP) is 5.46. The van der Waals surface area contributed by atoms with Crippen molar-refractivity contribution >= 4 is 11.6 Å². The van der Waals surface area contributed by atoms with E-state index in [2.05, 4.69) is 26.1 Å². The minimum Gasteiger partial charge on any atom is -0.311 e. The molecule has 118 valence electrons. The Bertz CT molecular complexity index is 471. The van der Waals surface area contributed by atoms with Crippen LogP contribution in [0.1, 0.15) is 64.9 Å². The van der Waals surface area contributed by atoms with Gasteiger partial charge >= 0.3 is 0 Å². The Hall–Kier alpha value is -0.600. The van der Waals surface area contributed by atoms with Crippen LogP contribution in [0, 0.1) is 5.82 Å². The van der Waals surface area contributed by atoms with E-state index in [-0.39, 0.29) is 21.8 Å². The van der Waals surface area contributed by atoms with Gasteiger partial charge < -0.3 is 5.32 Å². The fraction of sp³-hybridized carbons (Fsp3) is 0.667. The van der Waals surface area contributed by atoms with E-state index >= 15 is 0 Å². The molecule has 1 aromatic carbocycles. The van der Waals surface area contributed by atoms with E-state index in [1.54, 1.807) is 6.07 Å². The van der Waals surface area contributed by atoms with Gasteiger partial charge in [-0.3, -0.25) is 0 Å². The van der Waals surface area contributed by atoms with Crippen LogP contribution >= 0.6 is 11.6 Å². The molecule has 1 aliphatic carbocycles. The SMILES string of the molecule is CC(C)(C)NCC1(c2cccc(Cl)c2F)CCCCCC1. The van der Waals surface area contributed by atoms with Crippen molar-refractivity contribution in [1.29, 1.82) is 0 Å². The summed E-state index contributed by atoms with van der Waals surface area (Å²) in [6.07, 6.45) is 6.90. The Labute approximate surface area is 133 Å². The van der Waals surface area contributed by atoms with Gasteiger partial charge in [-0.1, -0.05) is 49.4 Å². The Balaban J connectivity index is 2.36. The van der Waals surface area contributed by atoms with Crippen molar-refractivity contribution in [3.8, 4) is 0 Å².